The fourth-order valence-electron chi connectivity index (χ4n) is 1.14. The first-order chi connectivity index (χ1) is 6.29. The van der Waals surface area contributed by atoms with Crippen molar-refractivity contribution in [3.8, 4) is 11.3 Å². The molecule has 0 spiro atoms. The fourth-order valence-corrected chi connectivity index (χ4v) is 1.93. The standard InChI is InChI=1S/C10H7ClNS/c1-7-10(12-6-13-7)8-4-2-3-5-9(8)11/h2-6H,1H2. The number of benzene rings is 1. The number of nitrogens with zero attached hydrogens (tertiary/aromatic N) is 1. The molecule has 3 heteroatoms. The lowest BCUT2D eigenvalue weighted by Crippen LogP contribution is -1.80. The zero-order valence-corrected chi connectivity index (χ0v) is 8.40. The number of thiazole rings is 1. The maximum atomic E-state index is 6.02. The molecule has 13 heavy (non-hydrogen) atoms. The molecule has 65 valence electrons. The van der Waals surface area contributed by atoms with Crippen LogP contribution in [0.2, 0.25) is 5.02 Å². The zero-order valence-electron chi connectivity index (χ0n) is 6.83. The predicted molar refractivity (Wildman–Crippen MR) is 57.0 cm³/mol. The van der Waals surface area contributed by atoms with E-state index < -0.39 is 0 Å². The minimum absolute atomic E-state index is 0.721. The van der Waals surface area contributed by atoms with Gasteiger partial charge in [-0.2, -0.15) is 0 Å². The van der Waals surface area contributed by atoms with Crippen LogP contribution in [0.3, 0.4) is 0 Å². The van der Waals surface area contributed by atoms with E-state index in [1.165, 1.54) is 11.3 Å². The van der Waals surface area contributed by atoms with Gasteiger partial charge in [-0.25, -0.2) is 4.98 Å². The number of rotatable bonds is 1. The number of aromatic nitrogens is 1. The highest BCUT2D eigenvalue weighted by molar-refractivity contribution is 7.10. The van der Waals surface area contributed by atoms with Crippen LogP contribution in [0.1, 0.15) is 4.88 Å². The summed E-state index contributed by atoms with van der Waals surface area (Å²) in [5.74, 6) is 0. The smallest absolute Gasteiger partial charge is 0.0858 e. The molecule has 0 fully saturated rings. The minimum atomic E-state index is 0.721. The van der Waals surface area contributed by atoms with Crippen LogP contribution in [0.25, 0.3) is 11.3 Å². The van der Waals surface area contributed by atoms with Gasteiger partial charge < -0.3 is 0 Å². The molecule has 0 amide bonds. The maximum absolute atomic E-state index is 6.02. The number of hydrogen-bond donors (Lipinski definition) is 0. The fraction of sp³-hybridized carbons (Fsp3) is 0. The molecule has 0 aliphatic carbocycles. The third-order valence-electron chi connectivity index (χ3n) is 1.77. The van der Waals surface area contributed by atoms with Gasteiger partial charge in [0.05, 0.1) is 11.2 Å². The van der Waals surface area contributed by atoms with Crippen LogP contribution in [0.4, 0.5) is 0 Å². The topological polar surface area (TPSA) is 12.9 Å². The molecular weight excluding hydrogens is 202 g/mol. The molecule has 0 saturated heterocycles. The van der Waals surface area contributed by atoms with Gasteiger partial charge in [0.2, 0.25) is 0 Å². The second-order valence-electron chi connectivity index (χ2n) is 2.60. The van der Waals surface area contributed by atoms with E-state index in [2.05, 4.69) is 11.9 Å². The summed E-state index contributed by atoms with van der Waals surface area (Å²) >= 11 is 7.55. The molecule has 1 heterocycles. The molecule has 0 bridgehead atoms. The van der Waals surface area contributed by atoms with E-state index in [0.29, 0.717) is 0 Å². The highest BCUT2D eigenvalue weighted by Gasteiger charge is 2.07. The molecule has 2 aromatic rings. The van der Waals surface area contributed by atoms with Crippen molar-refractivity contribution in [2.45, 2.75) is 0 Å². The van der Waals surface area contributed by atoms with Gasteiger partial charge in [-0.15, -0.1) is 11.3 Å². The molecular formula is C10H7ClNS. The average Bonchev–Trinajstić information content (AvgIpc) is 2.52. The first-order valence-corrected chi connectivity index (χ1v) is 5.05. The molecule has 1 nitrogen and oxygen atoms in total. The first kappa shape index (κ1) is 8.73. The van der Waals surface area contributed by atoms with Crippen molar-refractivity contribution < 1.29 is 0 Å². The van der Waals surface area contributed by atoms with Crippen LogP contribution in [-0.4, -0.2) is 4.98 Å². The van der Waals surface area contributed by atoms with Crippen molar-refractivity contribution in [1.82, 2.24) is 4.98 Å². The van der Waals surface area contributed by atoms with Gasteiger partial charge in [-0.3, -0.25) is 0 Å². The highest BCUT2D eigenvalue weighted by Crippen LogP contribution is 2.30. The third-order valence-corrected chi connectivity index (χ3v) is 2.79. The van der Waals surface area contributed by atoms with Crippen molar-refractivity contribution >= 4 is 22.9 Å². The predicted octanol–water partition coefficient (Wildman–Crippen LogP) is 3.65. The molecule has 1 radical (unpaired) electrons. The van der Waals surface area contributed by atoms with E-state index in [0.717, 1.165) is 21.2 Å². The molecule has 0 atom stereocenters. The average molecular weight is 209 g/mol. The quantitative estimate of drug-likeness (QED) is 0.697. The van der Waals surface area contributed by atoms with E-state index in [-0.39, 0.29) is 0 Å². The first-order valence-electron chi connectivity index (χ1n) is 3.79. The van der Waals surface area contributed by atoms with E-state index in [1.807, 2.05) is 24.3 Å². The summed E-state index contributed by atoms with van der Waals surface area (Å²) < 4.78 is 0. The van der Waals surface area contributed by atoms with Crippen LogP contribution in [0, 0.1) is 6.92 Å². The summed E-state index contributed by atoms with van der Waals surface area (Å²) in [6, 6.07) is 7.66. The molecule has 0 unspecified atom stereocenters. The van der Waals surface area contributed by atoms with Gasteiger partial charge in [0.1, 0.15) is 0 Å². The van der Waals surface area contributed by atoms with Crippen LogP contribution in [-0.2, 0) is 0 Å². The number of halogens is 1. The van der Waals surface area contributed by atoms with E-state index in [9.17, 15) is 0 Å². The summed E-state index contributed by atoms with van der Waals surface area (Å²) in [4.78, 5) is 5.17. The van der Waals surface area contributed by atoms with Gasteiger partial charge in [-0.1, -0.05) is 29.8 Å². The Morgan fingerprint density at radius 3 is 2.69 bits per heavy atom. The van der Waals surface area contributed by atoms with Gasteiger partial charge in [0.15, 0.2) is 0 Å². The molecule has 0 aliphatic heterocycles. The lowest BCUT2D eigenvalue weighted by atomic mass is 10.1. The Hall–Kier alpha value is -0.860. The van der Waals surface area contributed by atoms with E-state index in [4.69, 9.17) is 11.6 Å². The Bertz CT molecular complexity index is 422. The van der Waals surface area contributed by atoms with Gasteiger partial charge in [-0.05, 0) is 13.0 Å². The third kappa shape index (κ3) is 1.60. The van der Waals surface area contributed by atoms with Crippen LogP contribution < -0.4 is 0 Å². The number of hydrogen-bond acceptors (Lipinski definition) is 2. The highest BCUT2D eigenvalue weighted by atomic mass is 35.5. The van der Waals surface area contributed by atoms with Crippen LogP contribution in [0.5, 0.6) is 0 Å². The Kier molecular flexibility index (Phi) is 2.34. The lowest BCUT2D eigenvalue weighted by molar-refractivity contribution is 1.40. The van der Waals surface area contributed by atoms with E-state index in [1.54, 1.807) is 5.51 Å². The van der Waals surface area contributed by atoms with Gasteiger partial charge in [0.25, 0.3) is 0 Å². The van der Waals surface area contributed by atoms with Crippen molar-refractivity contribution in [3.05, 3.63) is 46.6 Å². The molecule has 2 rings (SSSR count). The zero-order chi connectivity index (χ0) is 9.26. The van der Waals surface area contributed by atoms with Crippen molar-refractivity contribution in [2.75, 3.05) is 0 Å². The largest absolute Gasteiger partial charge is 0.244 e. The van der Waals surface area contributed by atoms with E-state index >= 15 is 0 Å². The van der Waals surface area contributed by atoms with Crippen molar-refractivity contribution in [2.24, 2.45) is 0 Å². The lowest BCUT2D eigenvalue weighted by Gasteiger charge is -2.00. The SMILES string of the molecule is [CH2]c1scnc1-c1ccccc1Cl. The Morgan fingerprint density at radius 2 is 2.08 bits per heavy atom. The summed E-state index contributed by atoms with van der Waals surface area (Å²) in [5, 5.41) is 0.721. The molecule has 1 aromatic heterocycles. The van der Waals surface area contributed by atoms with Gasteiger partial charge in [0, 0.05) is 15.5 Å². The molecule has 0 N–H and O–H groups in total. The summed E-state index contributed by atoms with van der Waals surface area (Å²) in [7, 11) is 0. The second kappa shape index (κ2) is 3.48. The van der Waals surface area contributed by atoms with Crippen LogP contribution >= 0.6 is 22.9 Å². The molecule has 1 aromatic carbocycles. The van der Waals surface area contributed by atoms with Crippen molar-refractivity contribution in [1.29, 1.82) is 0 Å². The van der Waals surface area contributed by atoms with Crippen molar-refractivity contribution in [3.63, 3.8) is 0 Å². The molecule has 0 aliphatic rings. The Balaban J connectivity index is 2.59. The summed E-state index contributed by atoms with van der Waals surface area (Å²) in [6.45, 7) is 3.90. The Labute approximate surface area is 86.0 Å². The summed E-state index contributed by atoms with van der Waals surface area (Å²) in [6.07, 6.45) is 0. The maximum Gasteiger partial charge on any atom is 0.0858 e. The summed E-state index contributed by atoms with van der Waals surface area (Å²) in [5.41, 5.74) is 3.62. The van der Waals surface area contributed by atoms with Gasteiger partial charge >= 0.3 is 0 Å². The minimum Gasteiger partial charge on any atom is -0.244 e. The normalized spacial score (nSPS) is 10.3. The van der Waals surface area contributed by atoms with Crippen LogP contribution in [0.15, 0.2) is 29.8 Å². The second-order valence-corrected chi connectivity index (χ2v) is 3.95. The monoisotopic (exact) mass is 208 g/mol. The molecule has 0 saturated carbocycles. The Morgan fingerprint density at radius 1 is 1.31 bits per heavy atom.